The zero-order chi connectivity index (χ0) is 31.1. The maximum atomic E-state index is 12.1. The molecular weight excluding hydrogens is 524 g/mol. The van der Waals surface area contributed by atoms with Gasteiger partial charge in [-0.25, -0.2) is 0 Å². The molecule has 5 nitrogen and oxygen atoms in total. The van der Waals surface area contributed by atoms with E-state index in [-0.39, 0.29) is 36.9 Å². The van der Waals surface area contributed by atoms with Crippen molar-refractivity contribution in [3.05, 3.63) is 70.9 Å². The third-order valence-corrected chi connectivity index (χ3v) is 10.4. The van der Waals surface area contributed by atoms with Crippen LogP contribution in [0.2, 0.25) is 0 Å². The molecule has 0 aromatic rings. The highest BCUT2D eigenvalue weighted by atomic mass is 16.3. The molecule has 2 bridgehead atoms. The van der Waals surface area contributed by atoms with Crippen molar-refractivity contribution in [3.8, 4) is 0 Å². The number of carbonyl (C=O) groups is 1. The van der Waals surface area contributed by atoms with Gasteiger partial charge >= 0.3 is 0 Å². The Balaban J connectivity index is 1.78. The number of aldehydes is 1. The largest absolute Gasteiger partial charge is 0.396 e. The molecule has 2 fully saturated rings. The monoisotopic (exact) mass is 580 g/mol. The van der Waals surface area contributed by atoms with Crippen LogP contribution in [-0.4, -0.2) is 51.6 Å². The Labute approximate surface area is 254 Å². The molecule has 7 unspecified atom stereocenters. The molecule has 0 aromatic heterocycles. The van der Waals surface area contributed by atoms with Crippen molar-refractivity contribution in [2.24, 2.45) is 35.0 Å². The highest BCUT2D eigenvalue weighted by Crippen LogP contribution is 2.66. The SMILES string of the molecule is C=C(C=CC=C(CO)C1CCC2(C1O)C1C(=C(C)C=O)C(C=CC1CCO)CC2(C)O)CCC=C(C)CCCC(C)C. The van der Waals surface area contributed by atoms with Crippen LogP contribution >= 0.6 is 0 Å². The zero-order valence-electron chi connectivity index (χ0n) is 26.7. The summed E-state index contributed by atoms with van der Waals surface area (Å²) in [5.74, 6) is 0.0141. The van der Waals surface area contributed by atoms with E-state index in [1.54, 1.807) is 0 Å². The van der Waals surface area contributed by atoms with E-state index in [9.17, 15) is 25.2 Å². The van der Waals surface area contributed by atoms with Crippen molar-refractivity contribution in [1.82, 2.24) is 0 Å². The van der Waals surface area contributed by atoms with E-state index in [1.165, 1.54) is 18.4 Å². The van der Waals surface area contributed by atoms with Crippen LogP contribution in [-0.2, 0) is 4.79 Å². The van der Waals surface area contributed by atoms with E-state index >= 15 is 0 Å². The van der Waals surface area contributed by atoms with Crippen molar-refractivity contribution in [1.29, 1.82) is 0 Å². The van der Waals surface area contributed by atoms with E-state index in [1.807, 2.05) is 32.1 Å². The van der Waals surface area contributed by atoms with E-state index in [0.29, 0.717) is 31.3 Å². The highest BCUT2D eigenvalue weighted by molar-refractivity contribution is 5.74. The first-order chi connectivity index (χ1) is 19.9. The molecule has 3 rings (SSSR count). The van der Waals surface area contributed by atoms with Crippen LogP contribution in [0.1, 0.15) is 92.4 Å². The molecule has 0 aromatic carbocycles. The first kappa shape index (κ1) is 34.4. The number of fused-ring (bicyclic) bond motifs is 3. The Hall–Kier alpha value is -2.05. The summed E-state index contributed by atoms with van der Waals surface area (Å²) < 4.78 is 0. The number of hydrogen-bond donors (Lipinski definition) is 4. The van der Waals surface area contributed by atoms with Crippen LogP contribution in [0.4, 0.5) is 0 Å². The molecule has 42 heavy (non-hydrogen) atoms. The number of aliphatic hydroxyl groups excluding tert-OH is 3. The van der Waals surface area contributed by atoms with Crippen LogP contribution < -0.4 is 0 Å². The number of aliphatic hydroxyl groups is 4. The molecule has 0 amide bonds. The molecule has 1 spiro atoms. The topological polar surface area (TPSA) is 98.0 Å². The lowest BCUT2D eigenvalue weighted by atomic mass is 9.46. The summed E-state index contributed by atoms with van der Waals surface area (Å²) in [7, 11) is 0. The number of allylic oxidation sites excluding steroid dienone is 10. The summed E-state index contributed by atoms with van der Waals surface area (Å²) in [5.41, 5.74) is 2.77. The molecule has 2 saturated carbocycles. The van der Waals surface area contributed by atoms with Gasteiger partial charge in [0.25, 0.3) is 0 Å². The van der Waals surface area contributed by atoms with Gasteiger partial charge in [-0.3, -0.25) is 4.79 Å². The van der Waals surface area contributed by atoms with Crippen molar-refractivity contribution >= 4 is 6.29 Å². The molecular formula is C37H56O5. The Morgan fingerprint density at radius 3 is 2.57 bits per heavy atom. The molecule has 234 valence electrons. The molecule has 3 aliphatic rings. The number of hydrogen-bond acceptors (Lipinski definition) is 5. The highest BCUT2D eigenvalue weighted by Gasteiger charge is 2.67. The zero-order valence-corrected chi connectivity index (χ0v) is 26.7. The Morgan fingerprint density at radius 2 is 1.93 bits per heavy atom. The smallest absolute Gasteiger partial charge is 0.145 e. The summed E-state index contributed by atoms with van der Waals surface area (Å²) in [6.07, 6.45) is 19.8. The van der Waals surface area contributed by atoms with Crippen LogP contribution in [0, 0.1) is 35.0 Å². The van der Waals surface area contributed by atoms with Crippen molar-refractivity contribution in [3.63, 3.8) is 0 Å². The maximum Gasteiger partial charge on any atom is 0.145 e. The first-order valence-corrected chi connectivity index (χ1v) is 16.1. The van der Waals surface area contributed by atoms with Gasteiger partial charge in [0.2, 0.25) is 0 Å². The molecule has 0 heterocycles. The van der Waals surface area contributed by atoms with Crippen LogP contribution in [0.5, 0.6) is 0 Å². The lowest BCUT2D eigenvalue weighted by Crippen LogP contribution is -2.63. The Kier molecular flexibility index (Phi) is 12.4. The summed E-state index contributed by atoms with van der Waals surface area (Å²) in [4.78, 5) is 12.0. The van der Waals surface area contributed by atoms with Crippen LogP contribution in [0.25, 0.3) is 0 Å². The molecule has 3 aliphatic carbocycles. The third-order valence-electron chi connectivity index (χ3n) is 10.4. The predicted octanol–water partition coefficient (Wildman–Crippen LogP) is 6.80. The van der Waals surface area contributed by atoms with E-state index in [4.69, 9.17) is 0 Å². The number of carbonyl (C=O) groups excluding carboxylic acids is 1. The summed E-state index contributed by atoms with van der Waals surface area (Å²) in [5, 5.41) is 44.3. The maximum absolute atomic E-state index is 12.1. The van der Waals surface area contributed by atoms with Gasteiger partial charge in [0.05, 0.1) is 18.3 Å². The molecule has 0 saturated heterocycles. The van der Waals surface area contributed by atoms with Crippen LogP contribution in [0.3, 0.4) is 0 Å². The Morgan fingerprint density at radius 1 is 1.19 bits per heavy atom. The van der Waals surface area contributed by atoms with Gasteiger partial charge in [-0.15, -0.1) is 0 Å². The van der Waals surface area contributed by atoms with Crippen molar-refractivity contribution in [2.75, 3.05) is 13.2 Å². The summed E-state index contributed by atoms with van der Waals surface area (Å²) in [6.45, 7) is 14.4. The fraction of sp³-hybridized carbons (Fsp3) is 0.649. The minimum atomic E-state index is -1.17. The predicted molar refractivity (Wildman–Crippen MR) is 172 cm³/mol. The molecule has 4 N–H and O–H groups in total. The van der Waals surface area contributed by atoms with Gasteiger partial charge in [-0.2, -0.15) is 0 Å². The standard InChI is InChI=1S/C37H56O5/c1-25(2)10-7-11-26(3)12-8-13-27(4)14-9-15-31(24-40)32-18-20-37(35(32)41)34-29(19-21-38)16-17-30(22-36(37,6)42)33(34)28(5)23-39/h9,12,14-17,23,25,29-30,32,34-35,38,40-42H,4,7-8,10-11,13,18-22,24H2,1-3,5-6H3. The van der Waals surface area contributed by atoms with Gasteiger partial charge < -0.3 is 20.4 Å². The van der Waals surface area contributed by atoms with Gasteiger partial charge in [0, 0.05) is 23.9 Å². The van der Waals surface area contributed by atoms with Gasteiger partial charge in [-0.1, -0.05) is 80.0 Å². The number of rotatable bonds is 14. The van der Waals surface area contributed by atoms with E-state index in [0.717, 1.165) is 48.2 Å². The molecule has 5 heteroatoms. The fourth-order valence-corrected chi connectivity index (χ4v) is 8.22. The van der Waals surface area contributed by atoms with E-state index < -0.39 is 17.1 Å². The second kappa shape index (κ2) is 15.1. The lowest BCUT2D eigenvalue weighted by Gasteiger charge is -2.60. The van der Waals surface area contributed by atoms with Gasteiger partial charge in [0.1, 0.15) is 6.29 Å². The Bertz CT molecular complexity index is 1100. The summed E-state index contributed by atoms with van der Waals surface area (Å²) >= 11 is 0. The first-order valence-electron chi connectivity index (χ1n) is 16.1. The quantitative estimate of drug-likeness (QED) is 0.0784. The second-order valence-electron chi connectivity index (χ2n) is 13.8. The minimum absolute atomic E-state index is 0.00863. The molecule has 0 aliphatic heterocycles. The fourth-order valence-electron chi connectivity index (χ4n) is 8.22. The van der Waals surface area contributed by atoms with E-state index in [2.05, 4.69) is 45.6 Å². The van der Waals surface area contributed by atoms with Crippen molar-refractivity contribution < 1.29 is 25.2 Å². The minimum Gasteiger partial charge on any atom is -0.396 e. The average molecular weight is 581 g/mol. The lowest BCUT2D eigenvalue weighted by molar-refractivity contribution is -0.181. The van der Waals surface area contributed by atoms with Gasteiger partial charge in [0.15, 0.2) is 0 Å². The second-order valence-corrected chi connectivity index (χ2v) is 13.8. The third kappa shape index (κ3) is 7.35. The normalized spacial score (nSPS) is 34.6. The van der Waals surface area contributed by atoms with Crippen LogP contribution in [0.15, 0.2) is 70.9 Å². The molecule has 0 radical (unpaired) electrons. The average Bonchev–Trinajstić information content (AvgIpc) is 3.28. The molecule has 7 atom stereocenters. The van der Waals surface area contributed by atoms with Crippen molar-refractivity contribution in [2.45, 2.75) is 104 Å². The summed E-state index contributed by atoms with van der Waals surface area (Å²) in [6, 6.07) is 0. The van der Waals surface area contributed by atoms with Gasteiger partial charge in [-0.05, 0) is 101 Å².